The summed E-state index contributed by atoms with van der Waals surface area (Å²) in [6.07, 6.45) is 0. The maximum atomic E-state index is 13.6. The van der Waals surface area contributed by atoms with E-state index in [0.29, 0.717) is 0 Å². The summed E-state index contributed by atoms with van der Waals surface area (Å²) in [5.74, 6) is -2.16. The second-order valence-corrected chi connectivity index (χ2v) is 5.00. The molecule has 0 aromatic heterocycles. The van der Waals surface area contributed by atoms with Gasteiger partial charge < -0.3 is 10.1 Å². The van der Waals surface area contributed by atoms with Crippen molar-refractivity contribution < 1.29 is 18.3 Å². The number of anilines is 1. The van der Waals surface area contributed by atoms with Gasteiger partial charge in [-0.1, -0.05) is 6.07 Å². The molecule has 100 valence electrons. The van der Waals surface area contributed by atoms with Gasteiger partial charge in [-0.2, -0.15) is 0 Å². The van der Waals surface area contributed by atoms with E-state index in [0.717, 1.165) is 6.07 Å². The SMILES string of the molecule is Cc1ccc(F)c(NC(=O)COC(C)(C)C)c1F. The molecule has 0 saturated carbocycles. The molecule has 0 radical (unpaired) electrons. The Morgan fingerprint density at radius 3 is 2.50 bits per heavy atom. The fraction of sp³-hybridized carbons (Fsp3) is 0.462. The van der Waals surface area contributed by atoms with Gasteiger partial charge >= 0.3 is 0 Å². The van der Waals surface area contributed by atoms with Gasteiger partial charge in [0.15, 0.2) is 5.82 Å². The fourth-order valence-electron chi connectivity index (χ4n) is 1.23. The smallest absolute Gasteiger partial charge is 0.250 e. The largest absolute Gasteiger partial charge is 0.366 e. The summed E-state index contributed by atoms with van der Waals surface area (Å²) < 4.78 is 32.2. The molecule has 0 saturated heterocycles. The molecule has 0 aliphatic heterocycles. The molecule has 0 spiro atoms. The molecule has 1 amide bonds. The summed E-state index contributed by atoms with van der Waals surface area (Å²) in [5.41, 5.74) is -0.651. The third-order valence-corrected chi connectivity index (χ3v) is 2.18. The van der Waals surface area contributed by atoms with E-state index in [9.17, 15) is 13.6 Å². The van der Waals surface area contributed by atoms with Gasteiger partial charge in [-0.3, -0.25) is 4.79 Å². The van der Waals surface area contributed by atoms with Gasteiger partial charge in [0.05, 0.1) is 5.60 Å². The average molecular weight is 257 g/mol. The van der Waals surface area contributed by atoms with Crippen LogP contribution in [0.1, 0.15) is 26.3 Å². The Bertz CT molecular complexity index is 453. The van der Waals surface area contributed by atoms with Crippen molar-refractivity contribution in [2.45, 2.75) is 33.3 Å². The Morgan fingerprint density at radius 2 is 1.94 bits per heavy atom. The van der Waals surface area contributed by atoms with Crippen LogP contribution in [0.25, 0.3) is 0 Å². The van der Waals surface area contributed by atoms with Crippen LogP contribution in [-0.4, -0.2) is 18.1 Å². The number of nitrogens with one attached hydrogen (secondary N) is 1. The van der Waals surface area contributed by atoms with E-state index in [1.165, 1.54) is 13.0 Å². The van der Waals surface area contributed by atoms with Crippen molar-refractivity contribution >= 4 is 11.6 Å². The first-order chi connectivity index (χ1) is 8.20. The van der Waals surface area contributed by atoms with E-state index in [1.807, 2.05) is 0 Å². The predicted octanol–water partition coefficient (Wildman–Crippen LogP) is 3.03. The van der Waals surface area contributed by atoms with Gasteiger partial charge in [-0.15, -0.1) is 0 Å². The van der Waals surface area contributed by atoms with Crippen LogP contribution in [0.15, 0.2) is 12.1 Å². The van der Waals surface area contributed by atoms with Crippen molar-refractivity contribution in [1.82, 2.24) is 0 Å². The third kappa shape index (κ3) is 4.07. The molecule has 18 heavy (non-hydrogen) atoms. The summed E-state index contributed by atoms with van der Waals surface area (Å²) in [4.78, 5) is 11.5. The van der Waals surface area contributed by atoms with E-state index < -0.39 is 28.8 Å². The normalized spacial score (nSPS) is 11.4. The van der Waals surface area contributed by atoms with Gasteiger partial charge in [0.1, 0.15) is 18.1 Å². The van der Waals surface area contributed by atoms with Crippen LogP contribution in [0, 0.1) is 18.6 Å². The molecular weight excluding hydrogens is 240 g/mol. The molecule has 1 aromatic carbocycles. The monoisotopic (exact) mass is 257 g/mol. The first-order valence-electron chi connectivity index (χ1n) is 5.59. The number of aryl methyl sites for hydroxylation is 1. The number of rotatable bonds is 3. The topological polar surface area (TPSA) is 38.3 Å². The van der Waals surface area contributed by atoms with Gasteiger partial charge in [-0.05, 0) is 39.3 Å². The van der Waals surface area contributed by atoms with Gasteiger partial charge in [0.25, 0.3) is 5.91 Å². The fourth-order valence-corrected chi connectivity index (χ4v) is 1.23. The Hall–Kier alpha value is -1.49. The summed E-state index contributed by atoms with van der Waals surface area (Å²) >= 11 is 0. The molecule has 0 heterocycles. The highest BCUT2D eigenvalue weighted by molar-refractivity contribution is 5.92. The van der Waals surface area contributed by atoms with Crippen LogP contribution >= 0.6 is 0 Å². The molecule has 1 rings (SSSR count). The zero-order valence-corrected chi connectivity index (χ0v) is 10.9. The number of hydrogen-bond donors (Lipinski definition) is 1. The second kappa shape index (κ2) is 5.44. The number of ether oxygens (including phenoxy) is 1. The second-order valence-electron chi connectivity index (χ2n) is 5.00. The van der Waals surface area contributed by atoms with Crippen molar-refractivity contribution in [3.63, 3.8) is 0 Å². The molecule has 0 bridgehead atoms. The minimum Gasteiger partial charge on any atom is -0.366 e. The number of halogens is 2. The highest BCUT2D eigenvalue weighted by Crippen LogP contribution is 2.21. The van der Waals surface area contributed by atoms with E-state index in [-0.39, 0.29) is 12.2 Å². The van der Waals surface area contributed by atoms with Crippen molar-refractivity contribution in [1.29, 1.82) is 0 Å². The molecule has 0 aliphatic carbocycles. The minimum absolute atomic E-state index is 0.254. The molecule has 1 N–H and O–H groups in total. The summed E-state index contributed by atoms with van der Waals surface area (Å²) in [6, 6.07) is 2.42. The molecule has 0 aliphatic rings. The van der Waals surface area contributed by atoms with Gasteiger partial charge in [0, 0.05) is 0 Å². The lowest BCUT2D eigenvalue weighted by Crippen LogP contribution is -2.27. The Morgan fingerprint density at radius 1 is 1.33 bits per heavy atom. The van der Waals surface area contributed by atoms with E-state index in [4.69, 9.17) is 4.74 Å². The van der Waals surface area contributed by atoms with E-state index in [1.54, 1.807) is 20.8 Å². The maximum Gasteiger partial charge on any atom is 0.250 e. The maximum absolute atomic E-state index is 13.6. The summed E-state index contributed by atoms with van der Waals surface area (Å²) in [6.45, 7) is 6.60. The lowest BCUT2D eigenvalue weighted by molar-refractivity contribution is -0.125. The van der Waals surface area contributed by atoms with Crippen LogP contribution in [-0.2, 0) is 9.53 Å². The van der Waals surface area contributed by atoms with Crippen LogP contribution < -0.4 is 5.32 Å². The molecule has 0 fully saturated rings. The van der Waals surface area contributed by atoms with Crippen LogP contribution in [0.5, 0.6) is 0 Å². The number of hydrogen-bond acceptors (Lipinski definition) is 2. The van der Waals surface area contributed by atoms with Crippen molar-refractivity contribution in [3.05, 3.63) is 29.3 Å². The lowest BCUT2D eigenvalue weighted by atomic mass is 10.2. The zero-order valence-electron chi connectivity index (χ0n) is 10.9. The number of carbonyl (C=O) groups is 1. The molecule has 0 atom stereocenters. The Balaban J connectivity index is 2.74. The summed E-state index contributed by atoms with van der Waals surface area (Å²) in [5, 5.41) is 2.18. The quantitative estimate of drug-likeness (QED) is 0.903. The van der Waals surface area contributed by atoms with E-state index in [2.05, 4.69) is 5.32 Å². The number of carbonyl (C=O) groups excluding carboxylic acids is 1. The molecule has 5 heteroatoms. The number of benzene rings is 1. The first kappa shape index (κ1) is 14.6. The first-order valence-corrected chi connectivity index (χ1v) is 5.59. The Labute approximate surface area is 105 Å². The zero-order chi connectivity index (χ0) is 13.9. The lowest BCUT2D eigenvalue weighted by Gasteiger charge is -2.19. The molecule has 0 unspecified atom stereocenters. The summed E-state index contributed by atoms with van der Waals surface area (Å²) in [7, 11) is 0. The van der Waals surface area contributed by atoms with Crippen LogP contribution in [0.2, 0.25) is 0 Å². The third-order valence-electron chi connectivity index (χ3n) is 2.18. The van der Waals surface area contributed by atoms with Crippen LogP contribution in [0.4, 0.5) is 14.5 Å². The standard InChI is InChI=1S/C13H17F2NO2/c1-8-5-6-9(14)12(11(8)15)16-10(17)7-18-13(2,3)4/h5-6H,7H2,1-4H3,(H,16,17). The molecule has 1 aromatic rings. The highest BCUT2D eigenvalue weighted by atomic mass is 19.1. The van der Waals surface area contributed by atoms with Gasteiger partial charge in [0.2, 0.25) is 0 Å². The van der Waals surface area contributed by atoms with Gasteiger partial charge in [-0.25, -0.2) is 8.78 Å². The molecule has 3 nitrogen and oxygen atoms in total. The van der Waals surface area contributed by atoms with Crippen molar-refractivity contribution in [3.8, 4) is 0 Å². The van der Waals surface area contributed by atoms with Crippen LogP contribution in [0.3, 0.4) is 0 Å². The van der Waals surface area contributed by atoms with Crippen molar-refractivity contribution in [2.24, 2.45) is 0 Å². The molecular formula is C13H17F2NO2. The Kier molecular flexibility index (Phi) is 4.40. The highest BCUT2D eigenvalue weighted by Gasteiger charge is 2.17. The van der Waals surface area contributed by atoms with Crippen molar-refractivity contribution in [2.75, 3.05) is 11.9 Å². The minimum atomic E-state index is -0.804. The van der Waals surface area contributed by atoms with E-state index >= 15 is 0 Å². The predicted molar refractivity (Wildman–Crippen MR) is 65.4 cm³/mol. The average Bonchev–Trinajstić information content (AvgIpc) is 2.26. The number of amides is 1.